The summed E-state index contributed by atoms with van der Waals surface area (Å²) in [5.41, 5.74) is 0. The molecule has 0 saturated carbocycles. The van der Waals surface area contributed by atoms with E-state index in [1.807, 2.05) is 32.9 Å². The predicted octanol–water partition coefficient (Wildman–Crippen LogP) is 0.670. The van der Waals surface area contributed by atoms with E-state index >= 15 is 0 Å². The Morgan fingerprint density at radius 1 is 1.26 bits per heavy atom. The Kier molecular flexibility index (Phi) is 9.50. The van der Waals surface area contributed by atoms with E-state index in [0.29, 0.717) is 26.3 Å². The molecule has 2 N–H and O–H groups in total. The topological polar surface area (TPSA) is 108 Å². The number of likely N-dealkylation sites (tertiary alicyclic amines) is 1. The normalized spacial score (nSPS) is 31.1. The van der Waals surface area contributed by atoms with Crippen LogP contribution in [0.5, 0.6) is 0 Å². The average Bonchev–Trinajstić information content (AvgIpc) is 3.12. The number of rotatable bonds is 10. The maximum atomic E-state index is 13.8. The number of amides is 2. The zero-order valence-electron chi connectivity index (χ0n) is 20.9. The maximum absolute atomic E-state index is 13.8. The summed E-state index contributed by atoms with van der Waals surface area (Å²) in [5.74, 6) is -2.82. The van der Waals surface area contributed by atoms with Gasteiger partial charge in [-0.05, 0) is 18.8 Å². The smallest absolute Gasteiger partial charge is 0.310 e. The number of carbonyl (C=O) groups excluding carboxylic acids is 3. The lowest BCUT2D eigenvalue weighted by atomic mass is 9.70. The monoisotopic (exact) mass is 479 g/mol. The molecule has 2 saturated heterocycles. The average molecular weight is 480 g/mol. The largest absolute Gasteiger partial charge is 0.466 e. The first-order chi connectivity index (χ1) is 16.3. The van der Waals surface area contributed by atoms with Crippen LogP contribution in [0.1, 0.15) is 34.1 Å². The van der Waals surface area contributed by atoms with E-state index < -0.39 is 35.8 Å². The molecule has 3 rings (SSSR count). The number of ether oxygens (including phenoxy) is 2. The van der Waals surface area contributed by atoms with Crippen molar-refractivity contribution < 1.29 is 29.0 Å². The summed E-state index contributed by atoms with van der Waals surface area (Å²) >= 11 is 0. The van der Waals surface area contributed by atoms with Gasteiger partial charge in [0.05, 0.1) is 44.3 Å². The van der Waals surface area contributed by atoms with Crippen molar-refractivity contribution in [1.29, 1.82) is 0 Å². The molecule has 2 aliphatic heterocycles. The van der Waals surface area contributed by atoms with Crippen molar-refractivity contribution in [1.82, 2.24) is 15.1 Å². The first kappa shape index (κ1) is 26.6. The molecule has 9 heteroatoms. The molecule has 7 atom stereocenters. The fourth-order valence-corrected chi connectivity index (χ4v) is 5.58. The van der Waals surface area contributed by atoms with Crippen molar-refractivity contribution in [3.63, 3.8) is 0 Å². The number of carbonyl (C=O) groups is 3. The number of hydrogen-bond donors (Lipinski definition) is 2. The summed E-state index contributed by atoms with van der Waals surface area (Å²) in [7, 11) is 0. The summed E-state index contributed by atoms with van der Waals surface area (Å²) in [5, 5.41) is 13.3. The molecule has 192 valence electrons. The quantitative estimate of drug-likeness (QED) is 0.350. The molecule has 0 aromatic rings. The molecule has 0 aromatic carbocycles. The minimum atomic E-state index is -0.769. The van der Waals surface area contributed by atoms with E-state index in [2.05, 4.69) is 10.2 Å². The van der Waals surface area contributed by atoms with Gasteiger partial charge in [-0.15, -0.1) is 0 Å². The van der Waals surface area contributed by atoms with E-state index in [0.717, 1.165) is 19.5 Å². The summed E-state index contributed by atoms with van der Waals surface area (Å²) < 4.78 is 10.7. The van der Waals surface area contributed by atoms with Gasteiger partial charge in [-0.2, -0.15) is 0 Å². The van der Waals surface area contributed by atoms with E-state index in [4.69, 9.17) is 9.47 Å². The second-order valence-electron chi connectivity index (χ2n) is 9.70. The lowest BCUT2D eigenvalue weighted by Gasteiger charge is -2.36. The molecular weight excluding hydrogens is 438 g/mol. The molecular formula is C25H41N3O6. The maximum Gasteiger partial charge on any atom is 0.310 e. The highest BCUT2D eigenvalue weighted by Gasteiger charge is 2.58. The first-order valence-corrected chi connectivity index (χ1v) is 12.7. The lowest BCUT2D eigenvalue weighted by molar-refractivity contribution is -0.156. The highest BCUT2D eigenvalue weighted by Crippen LogP contribution is 2.45. The van der Waals surface area contributed by atoms with E-state index in [1.165, 1.54) is 0 Å². The number of allylic oxidation sites excluding steroid dienone is 1. The summed E-state index contributed by atoms with van der Waals surface area (Å²) in [4.78, 5) is 44.0. The number of fused-ring (bicyclic) bond motifs is 1. The van der Waals surface area contributed by atoms with Gasteiger partial charge in [0, 0.05) is 32.1 Å². The van der Waals surface area contributed by atoms with Gasteiger partial charge in [-0.1, -0.05) is 39.3 Å². The number of aliphatic hydroxyl groups excluding tert-OH is 1. The molecule has 34 heavy (non-hydrogen) atoms. The highest BCUT2D eigenvalue weighted by molar-refractivity contribution is 5.96. The van der Waals surface area contributed by atoms with Crippen molar-refractivity contribution in [2.24, 2.45) is 29.6 Å². The van der Waals surface area contributed by atoms with E-state index in [9.17, 15) is 19.5 Å². The van der Waals surface area contributed by atoms with Crippen molar-refractivity contribution in [3.8, 4) is 0 Å². The second kappa shape index (κ2) is 12.1. The molecule has 1 aliphatic carbocycles. The molecule has 9 nitrogen and oxygen atoms in total. The van der Waals surface area contributed by atoms with Crippen LogP contribution in [0.4, 0.5) is 0 Å². The third-order valence-corrected chi connectivity index (χ3v) is 7.71. The first-order valence-electron chi connectivity index (χ1n) is 12.7. The molecule has 0 unspecified atom stereocenters. The number of morpholine rings is 1. The molecule has 0 spiro atoms. The summed E-state index contributed by atoms with van der Waals surface area (Å²) in [6.45, 7) is 11.8. The van der Waals surface area contributed by atoms with Gasteiger partial charge in [-0.3, -0.25) is 19.3 Å². The summed E-state index contributed by atoms with van der Waals surface area (Å²) in [6.07, 6.45) is 4.59. The molecule has 2 heterocycles. The SMILES string of the molecule is CCOC(=O)[C@H]1[C@H]2C(=O)N([C@@H](CO)[C@@H](C)CC)[C@H](C(=O)NCCN3CCOCC3)[C@H]2C=C[C@H]1C. The third-order valence-electron chi connectivity index (χ3n) is 7.71. The fourth-order valence-electron chi connectivity index (χ4n) is 5.58. The van der Waals surface area contributed by atoms with Gasteiger partial charge in [0.15, 0.2) is 0 Å². The third kappa shape index (κ3) is 5.47. The zero-order chi connectivity index (χ0) is 24.8. The fraction of sp³-hybridized carbons (Fsp3) is 0.800. The van der Waals surface area contributed by atoms with Gasteiger partial charge in [0.2, 0.25) is 11.8 Å². The van der Waals surface area contributed by atoms with Crippen molar-refractivity contribution in [3.05, 3.63) is 12.2 Å². The minimum absolute atomic E-state index is 0.000185. The molecule has 2 fully saturated rings. The van der Waals surface area contributed by atoms with Crippen LogP contribution in [0.15, 0.2) is 12.2 Å². The van der Waals surface area contributed by atoms with Crippen LogP contribution in [0.3, 0.4) is 0 Å². The van der Waals surface area contributed by atoms with Gasteiger partial charge in [0.25, 0.3) is 0 Å². The number of aliphatic hydroxyl groups is 1. The molecule has 2 amide bonds. The van der Waals surface area contributed by atoms with Crippen LogP contribution in [0, 0.1) is 29.6 Å². The Labute approximate surface area is 202 Å². The number of nitrogens with zero attached hydrogens (tertiary/aromatic N) is 2. The van der Waals surface area contributed by atoms with Gasteiger partial charge >= 0.3 is 5.97 Å². The lowest BCUT2D eigenvalue weighted by Crippen LogP contribution is -2.55. The highest BCUT2D eigenvalue weighted by atomic mass is 16.5. The van der Waals surface area contributed by atoms with Crippen LogP contribution in [-0.2, 0) is 23.9 Å². The summed E-state index contributed by atoms with van der Waals surface area (Å²) in [6, 6.07) is -1.27. The Morgan fingerprint density at radius 3 is 2.59 bits per heavy atom. The number of hydrogen-bond acceptors (Lipinski definition) is 7. The Morgan fingerprint density at radius 2 is 1.97 bits per heavy atom. The Bertz CT molecular complexity index is 753. The molecule has 3 aliphatic rings. The van der Waals surface area contributed by atoms with Crippen LogP contribution in [0.25, 0.3) is 0 Å². The Balaban J connectivity index is 1.86. The van der Waals surface area contributed by atoms with Crippen LogP contribution in [-0.4, -0.2) is 97.4 Å². The molecule has 0 aromatic heterocycles. The van der Waals surface area contributed by atoms with Crippen LogP contribution < -0.4 is 5.32 Å². The van der Waals surface area contributed by atoms with Gasteiger partial charge in [0.1, 0.15) is 6.04 Å². The second-order valence-corrected chi connectivity index (χ2v) is 9.70. The number of esters is 1. The van der Waals surface area contributed by atoms with E-state index in [1.54, 1.807) is 11.8 Å². The van der Waals surface area contributed by atoms with Gasteiger partial charge < -0.3 is 24.8 Å². The van der Waals surface area contributed by atoms with Crippen LogP contribution >= 0.6 is 0 Å². The standard InChI is InChI=1S/C25H41N3O6/c1-5-16(3)19(15-29)28-22(23(30)26-9-10-27-11-13-33-14-12-27)18-8-7-17(4)20(21(18)24(28)31)25(32)34-6-2/h7-8,16-22,29H,5-6,9-15H2,1-4H3,(H,26,30)/t16-,17+,18-,19-,20+,21-,22-/m0/s1. The Hall–Kier alpha value is -1.97. The zero-order valence-corrected chi connectivity index (χ0v) is 20.9. The van der Waals surface area contributed by atoms with Crippen molar-refractivity contribution in [2.45, 2.75) is 46.2 Å². The molecule has 0 bridgehead atoms. The van der Waals surface area contributed by atoms with Crippen molar-refractivity contribution >= 4 is 17.8 Å². The molecule has 0 radical (unpaired) electrons. The van der Waals surface area contributed by atoms with Gasteiger partial charge in [-0.25, -0.2) is 0 Å². The predicted molar refractivity (Wildman–Crippen MR) is 127 cm³/mol. The van der Waals surface area contributed by atoms with Crippen molar-refractivity contribution in [2.75, 3.05) is 52.6 Å². The van der Waals surface area contributed by atoms with Crippen LogP contribution in [0.2, 0.25) is 0 Å². The number of nitrogens with one attached hydrogen (secondary N) is 1. The van der Waals surface area contributed by atoms with E-state index in [-0.39, 0.29) is 36.9 Å². The minimum Gasteiger partial charge on any atom is -0.466 e.